The van der Waals surface area contributed by atoms with Crippen molar-refractivity contribution in [2.24, 2.45) is 0 Å². The number of rotatable bonds is 4. The van der Waals surface area contributed by atoms with Crippen molar-refractivity contribution in [2.75, 3.05) is 12.4 Å². The van der Waals surface area contributed by atoms with E-state index < -0.39 is 11.6 Å². The van der Waals surface area contributed by atoms with Gasteiger partial charge in [0.25, 0.3) is 0 Å². The van der Waals surface area contributed by atoms with Crippen LogP contribution in [0.25, 0.3) is 0 Å². The molecule has 2 rings (SSSR count). The van der Waals surface area contributed by atoms with E-state index in [1.807, 2.05) is 6.07 Å². The van der Waals surface area contributed by atoms with Gasteiger partial charge in [0.15, 0.2) is 11.6 Å². The van der Waals surface area contributed by atoms with E-state index in [4.69, 9.17) is 10.00 Å². The van der Waals surface area contributed by atoms with Gasteiger partial charge in [-0.2, -0.15) is 5.26 Å². The molecule has 1 N–H and O–H groups in total. The van der Waals surface area contributed by atoms with Gasteiger partial charge in [0, 0.05) is 18.3 Å². The third-order valence-electron chi connectivity index (χ3n) is 2.80. The Morgan fingerprint density at radius 1 is 1.15 bits per heavy atom. The van der Waals surface area contributed by atoms with Crippen LogP contribution in [-0.4, -0.2) is 7.11 Å². The van der Waals surface area contributed by atoms with Crippen LogP contribution in [0.1, 0.15) is 11.1 Å². The lowest BCUT2D eigenvalue weighted by molar-refractivity contribution is 0.413. The number of hydrogen-bond acceptors (Lipinski definition) is 3. The van der Waals surface area contributed by atoms with Gasteiger partial charge in [-0.15, -0.1) is 0 Å². The summed E-state index contributed by atoms with van der Waals surface area (Å²) in [4.78, 5) is 0. The number of nitrogens with zero attached hydrogens (tertiary/aromatic N) is 1. The van der Waals surface area contributed by atoms with E-state index in [1.54, 1.807) is 18.2 Å². The Morgan fingerprint density at radius 2 is 1.95 bits per heavy atom. The smallest absolute Gasteiger partial charge is 0.160 e. The summed E-state index contributed by atoms with van der Waals surface area (Å²) in [5.74, 6) is -1.28. The average Bonchev–Trinajstić information content (AvgIpc) is 2.48. The minimum absolute atomic E-state index is 0.393. The largest absolute Gasteiger partial charge is 0.495 e. The first kappa shape index (κ1) is 13.8. The Balaban J connectivity index is 2.11. The Kier molecular flexibility index (Phi) is 4.16. The van der Waals surface area contributed by atoms with Crippen LogP contribution in [0.5, 0.6) is 5.75 Å². The normalized spacial score (nSPS) is 9.90. The number of methoxy groups -OCH3 is 1. The zero-order chi connectivity index (χ0) is 14.5. The standard InChI is InChI=1S/C15H12F2N2O/c1-20-15-5-2-10(6-11(15)8-18)9-19-12-3-4-13(16)14(17)7-12/h2-7,19H,9H2,1H3. The Bertz CT molecular complexity index is 665. The number of nitrogens with one attached hydrogen (secondary N) is 1. The van der Waals surface area contributed by atoms with E-state index in [0.29, 0.717) is 23.5 Å². The van der Waals surface area contributed by atoms with Crippen molar-refractivity contribution >= 4 is 5.69 Å². The topological polar surface area (TPSA) is 45.0 Å². The summed E-state index contributed by atoms with van der Waals surface area (Å²) >= 11 is 0. The first-order valence-electron chi connectivity index (χ1n) is 5.90. The third-order valence-corrected chi connectivity index (χ3v) is 2.80. The zero-order valence-corrected chi connectivity index (χ0v) is 10.8. The molecule has 0 aliphatic heterocycles. The third kappa shape index (κ3) is 3.04. The van der Waals surface area contributed by atoms with Gasteiger partial charge in [0.1, 0.15) is 11.8 Å². The quantitative estimate of drug-likeness (QED) is 0.928. The van der Waals surface area contributed by atoms with Crippen molar-refractivity contribution < 1.29 is 13.5 Å². The molecule has 0 saturated carbocycles. The molecule has 3 nitrogen and oxygen atoms in total. The van der Waals surface area contributed by atoms with E-state index in [-0.39, 0.29) is 0 Å². The molecule has 0 unspecified atom stereocenters. The monoisotopic (exact) mass is 274 g/mol. The maximum absolute atomic E-state index is 13.0. The van der Waals surface area contributed by atoms with Gasteiger partial charge in [0.2, 0.25) is 0 Å². The molecular formula is C15H12F2N2O. The molecule has 0 spiro atoms. The molecule has 5 heteroatoms. The second-order valence-electron chi connectivity index (χ2n) is 4.13. The molecule has 0 radical (unpaired) electrons. The van der Waals surface area contributed by atoms with Crippen LogP contribution in [0.4, 0.5) is 14.5 Å². The molecule has 0 bridgehead atoms. The molecule has 0 aliphatic carbocycles. The summed E-state index contributed by atoms with van der Waals surface area (Å²) in [6.45, 7) is 0.393. The highest BCUT2D eigenvalue weighted by atomic mass is 19.2. The van der Waals surface area contributed by atoms with Gasteiger partial charge in [-0.3, -0.25) is 0 Å². The van der Waals surface area contributed by atoms with E-state index in [2.05, 4.69) is 5.32 Å². The summed E-state index contributed by atoms with van der Waals surface area (Å²) in [6, 6.07) is 10.8. The fourth-order valence-corrected chi connectivity index (χ4v) is 1.76. The van der Waals surface area contributed by atoms with Crippen LogP contribution in [0.15, 0.2) is 36.4 Å². The number of anilines is 1. The highest BCUT2D eigenvalue weighted by Crippen LogP contribution is 2.20. The maximum Gasteiger partial charge on any atom is 0.160 e. The van der Waals surface area contributed by atoms with E-state index in [0.717, 1.165) is 17.7 Å². The molecule has 0 amide bonds. The van der Waals surface area contributed by atoms with Crippen LogP contribution in [0, 0.1) is 23.0 Å². The van der Waals surface area contributed by atoms with Crippen LogP contribution < -0.4 is 10.1 Å². The fourth-order valence-electron chi connectivity index (χ4n) is 1.76. The van der Waals surface area contributed by atoms with Crippen LogP contribution >= 0.6 is 0 Å². The number of benzene rings is 2. The molecule has 0 saturated heterocycles. The summed E-state index contributed by atoms with van der Waals surface area (Å²) in [5.41, 5.74) is 1.74. The molecule has 0 fully saturated rings. The van der Waals surface area contributed by atoms with Gasteiger partial charge in [0.05, 0.1) is 12.7 Å². The highest BCUT2D eigenvalue weighted by Gasteiger charge is 2.05. The maximum atomic E-state index is 13.0. The van der Waals surface area contributed by atoms with Crippen LogP contribution in [0.2, 0.25) is 0 Å². The predicted molar refractivity (Wildman–Crippen MR) is 71.4 cm³/mol. The summed E-state index contributed by atoms with van der Waals surface area (Å²) in [5, 5.41) is 11.9. The molecule has 0 aromatic heterocycles. The summed E-state index contributed by atoms with van der Waals surface area (Å²) < 4.78 is 30.9. The van der Waals surface area contributed by atoms with Gasteiger partial charge in [-0.25, -0.2) is 8.78 Å². The minimum Gasteiger partial charge on any atom is -0.495 e. The van der Waals surface area contributed by atoms with E-state index in [9.17, 15) is 8.78 Å². The lowest BCUT2D eigenvalue weighted by Gasteiger charge is -2.09. The number of ether oxygens (including phenoxy) is 1. The second kappa shape index (κ2) is 6.02. The number of hydrogen-bond donors (Lipinski definition) is 1. The summed E-state index contributed by atoms with van der Waals surface area (Å²) in [7, 11) is 1.50. The molecule has 0 atom stereocenters. The first-order valence-corrected chi connectivity index (χ1v) is 5.90. The van der Waals surface area contributed by atoms with Crippen LogP contribution in [0.3, 0.4) is 0 Å². The van der Waals surface area contributed by atoms with Gasteiger partial charge in [-0.1, -0.05) is 6.07 Å². The van der Waals surface area contributed by atoms with E-state index >= 15 is 0 Å². The molecule has 20 heavy (non-hydrogen) atoms. The molecule has 0 aliphatic rings. The SMILES string of the molecule is COc1ccc(CNc2ccc(F)c(F)c2)cc1C#N. The first-order chi connectivity index (χ1) is 9.63. The lowest BCUT2D eigenvalue weighted by Crippen LogP contribution is -2.01. The van der Waals surface area contributed by atoms with Crippen molar-refractivity contribution in [3.8, 4) is 11.8 Å². The molecule has 2 aromatic carbocycles. The van der Waals surface area contributed by atoms with Crippen molar-refractivity contribution in [1.82, 2.24) is 0 Å². The molecular weight excluding hydrogens is 262 g/mol. The molecule has 2 aromatic rings. The summed E-state index contributed by atoms with van der Waals surface area (Å²) in [6.07, 6.45) is 0. The predicted octanol–water partition coefficient (Wildman–Crippen LogP) is 3.46. The van der Waals surface area contributed by atoms with Crippen LogP contribution in [-0.2, 0) is 6.54 Å². The van der Waals surface area contributed by atoms with Gasteiger partial charge >= 0.3 is 0 Å². The van der Waals surface area contributed by atoms with Gasteiger partial charge in [-0.05, 0) is 29.8 Å². The Morgan fingerprint density at radius 3 is 2.60 bits per heavy atom. The van der Waals surface area contributed by atoms with Crippen molar-refractivity contribution in [1.29, 1.82) is 5.26 Å². The molecule has 102 valence electrons. The second-order valence-corrected chi connectivity index (χ2v) is 4.13. The Hall–Kier alpha value is -2.61. The number of nitriles is 1. The average molecular weight is 274 g/mol. The van der Waals surface area contributed by atoms with E-state index in [1.165, 1.54) is 13.2 Å². The van der Waals surface area contributed by atoms with Gasteiger partial charge < -0.3 is 10.1 Å². The number of halogens is 2. The lowest BCUT2D eigenvalue weighted by atomic mass is 10.1. The van der Waals surface area contributed by atoms with Crippen molar-refractivity contribution in [3.63, 3.8) is 0 Å². The molecule has 0 heterocycles. The zero-order valence-electron chi connectivity index (χ0n) is 10.8. The van der Waals surface area contributed by atoms with Crippen molar-refractivity contribution in [2.45, 2.75) is 6.54 Å². The highest BCUT2D eigenvalue weighted by molar-refractivity contribution is 5.48. The fraction of sp³-hybridized carbons (Fsp3) is 0.133. The Labute approximate surface area is 115 Å². The minimum atomic E-state index is -0.901. The van der Waals surface area contributed by atoms with Crippen molar-refractivity contribution in [3.05, 3.63) is 59.2 Å².